The highest BCUT2D eigenvalue weighted by Gasteiger charge is 2.12. The summed E-state index contributed by atoms with van der Waals surface area (Å²) in [5, 5.41) is 0. The number of hydrogen-bond acceptors (Lipinski definition) is 1. The number of ketones is 1. The summed E-state index contributed by atoms with van der Waals surface area (Å²) < 4.78 is 0. The zero-order valence-corrected chi connectivity index (χ0v) is 6.29. The molecular formula is C10H8O. The van der Waals surface area contributed by atoms with Crippen LogP contribution < -0.4 is 0 Å². The van der Waals surface area contributed by atoms with Crippen molar-refractivity contribution in [1.82, 2.24) is 0 Å². The Kier molecular flexibility index (Phi) is 1.19. The van der Waals surface area contributed by atoms with Gasteiger partial charge in [-0.3, -0.25) is 4.79 Å². The van der Waals surface area contributed by atoms with Crippen molar-refractivity contribution in [1.29, 1.82) is 0 Å². The number of aryl methyl sites for hydroxylation is 1. The maximum Gasteiger partial charge on any atom is 0.186 e. The van der Waals surface area contributed by atoms with E-state index in [0.717, 1.165) is 16.7 Å². The predicted molar refractivity (Wildman–Crippen MR) is 44.5 cm³/mol. The van der Waals surface area contributed by atoms with Crippen molar-refractivity contribution in [3.05, 3.63) is 41.0 Å². The molecule has 0 aliphatic heterocycles. The Hall–Kier alpha value is -1.37. The summed E-state index contributed by atoms with van der Waals surface area (Å²) in [4.78, 5) is 11.1. The molecule has 1 aliphatic rings. The third kappa shape index (κ3) is 0.891. The fraction of sp³-hybridized carbons (Fsp3) is 0.100. The number of benzene rings is 1. The molecule has 0 N–H and O–H groups in total. The highest BCUT2D eigenvalue weighted by atomic mass is 16.1. The smallest absolute Gasteiger partial charge is 0.186 e. The molecule has 2 rings (SSSR count). The first kappa shape index (κ1) is 6.35. The Morgan fingerprint density at radius 1 is 1.18 bits per heavy atom. The number of carbonyl (C=O) groups excluding carboxylic acids is 1. The topological polar surface area (TPSA) is 17.1 Å². The van der Waals surface area contributed by atoms with Crippen molar-refractivity contribution in [2.75, 3.05) is 0 Å². The lowest BCUT2D eigenvalue weighted by Gasteiger charge is -1.97. The molecule has 1 aromatic carbocycles. The molecular weight excluding hydrogens is 136 g/mol. The molecule has 1 aliphatic carbocycles. The minimum atomic E-state index is 0.128. The van der Waals surface area contributed by atoms with E-state index in [4.69, 9.17) is 0 Å². The molecule has 0 saturated carbocycles. The van der Waals surface area contributed by atoms with Gasteiger partial charge in [-0.05, 0) is 24.6 Å². The Morgan fingerprint density at radius 2 is 2.00 bits per heavy atom. The first-order valence-corrected chi connectivity index (χ1v) is 3.60. The third-order valence-corrected chi connectivity index (χ3v) is 1.89. The van der Waals surface area contributed by atoms with Crippen molar-refractivity contribution in [2.24, 2.45) is 0 Å². The monoisotopic (exact) mass is 144 g/mol. The highest BCUT2D eigenvalue weighted by Crippen LogP contribution is 2.19. The van der Waals surface area contributed by atoms with Crippen LogP contribution >= 0.6 is 0 Å². The molecule has 0 amide bonds. The van der Waals surface area contributed by atoms with Gasteiger partial charge in [0, 0.05) is 5.56 Å². The van der Waals surface area contributed by atoms with Crippen molar-refractivity contribution in [3.63, 3.8) is 0 Å². The summed E-state index contributed by atoms with van der Waals surface area (Å²) in [6.07, 6.45) is 3.47. The molecule has 54 valence electrons. The third-order valence-electron chi connectivity index (χ3n) is 1.89. The van der Waals surface area contributed by atoms with E-state index in [1.54, 1.807) is 6.08 Å². The van der Waals surface area contributed by atoms with Crippen LogP contribution in [0, 0.1) is 6.92 Å². The SMILES string of the molecule is Cc1ccc2c(c1)C(=O)C=C2. The lowest BCUT2D eigenvalue weighted by atomic mass is 10.1. The normalized spacial score (nSPS) is 13.7. The zero-order chi connectivity index (χ0) is 7.84. The van der Waals surface area contributed by atoms with Crippen molar-refractivity contribution < 1.29 is 4.79 Å². The fourth-order valence-electron chi connectivity index (χ4n) is 1.28. The van der Waals surface area contributed by atoms with Crippen LogP contribution in [-0.2, 0) is 0 Å². The van der Waals surface area contributed by atoms with Crippen LogP contribution in [-0.4, -0.2) is 5.78 Å². The van der Waals surface area contributed by atoms with Crippen molar-refractivity contribution in [2.45, 2.75) is 6.92 Å². The lowest BCUT2D eigenvalue weighted by molar-refractivity contribution is 0.105. The van der Waals surface area contributed by atoms with Crippen molar-refractivity contribution in [3.8, 4) is 0 Å². The van der Waals surface area contributed by atoms with E-state index < -0.39 is 0 Å². The van der Waals surface area contributed by atoms with Gasteiger partial charge in [-0.25, -0.2) is 0 Å². The largest absolute Gasteiger partial charge is 0.289 e. The number of hydrogen-bond donors (Lipinski definition) is 0. The van der Waals surface area contributed by atoms with Crippen LogP contribution in [0.2, 0.25) is 0 Å². The van der Waals surface area contributed by atoms with Gasteiger partial charge < -0.3 is 0 Å². The Morgan fingerprint density at radius 3 is 2.82 bits per heavy atom. The van der Waals surface area contributed by atoms with E-state index in [-0.39, 0.29) is 5.78 Å². The molecule has 0 fully saturated rings. The molecule has 0 aromatic heterocycles. The van der Waals surface area contributed by atoms with Crippen LogP contribution in [0.4, 0.5) is 0 Å². The van der Waals surface area contributed by atoms with Gasteiger partial charge in [0.25, 0.3) is 0 Å². The second kappa shape index (κ2) is 2.06. The van der Waals surface area contributed by atoms with Gasteiger partial charge in [0.15, 0.2) is 5.78 Å². The van der Waals surface area contributed by atoms with Gasteiger partial charge in [0.1, 0.15) is 0 Å². The van der Waals surface area contributed by atoms with E-state index in [0.29, 0.717) is 0 Å². The standard InChI is InChI=1S/C10H8O/c1-7-2-3-8-4-5-10(11)9(8)6-7/h2-6H,1H3. The molecule has 11 heavy (non-hydrogen) atoms. The maximum atomic E-state index is 11.1. The average molecular weight is 144 g/mol. The number of allylic oxidation sites excluding steroid dienone is 1. The van der Waals surface area contributed by atoms with E-state index in [2.05, 4.69) is 0 Å². The summed E-state index contributed by atoms with van der Waals surface area (Å²) in [5.74, 6) is 0.128. The number of carbonyl (C=O) groups is 1. The van der Waals surface area contributed by atoms with E-state index in [9.17, 15) is 4.79 Å². The molecule has 0 radical (unpaired) electrons. The van der Waals surface area contributed by atoms with Crippen LogP contribution in [0.3, 0.4) is 0 Å². The second-order valence-corrected chi connectivity index (χ2v) is 2.79. The summed E-state index contributed by atoms with van der Waals surface area (Å²) in [7, 11) is 0. The first-order valence-electron chi connectivity index (χ1n) is 3.60. The number of rotatable bonds is 0. The molecule has 0 unspecified atom stereocenters. The second-order valence-electron chi connectivity index (χ2n) is 2.79. The highest BCUT2D eigenvalue weighted by molar-refractivity contribution is 6.13. The Labute approximate surface area is 65.4 Å². The van der Waals surface area contributed by atoms with Crippen molar-refractivity contribution >= 4 is 11.9 Å². The summed E-state index contributed by atoms with van der Waals surface area (Å²) >= 11 is 0. The fourth-order valence-corrected chi connectivity index (χ4v) is 1.28. The van der Waals surface area contributed by atoms with E-state index >= 15 is 0 Å². The quantitative estimate of drug-likeness (QED) is 0.545. The minimum absolute atomic E-state index is 0.128. The summed E-state index contributed by atoms with van der Waals surface area (Å²) in [6, 6.07) is 5.92. The molecule has 1 heteroatoms. The van der Waals surface area contributed by atoms with Gasteiger partial charge in [0.05, 0.1) is 0 Å². The Balaban J connectivity index is 2.67. The lowest BCUT2D eigenvalue weighted by Crippen LogP contribution is -1.91. The number of fused-ring (bicyclic) bond motifs is 1. The minimum Gasteiger partial charge on any atom is -0.289 e. The molecule has 0 bridgehead atoms. The molecule has 0 spiro atoms. The summed E-state index contributed by atoms with van der Waals surface area (Å²) in [6.45, 7) is 1.99. The van der Waals surface area contributed by atoms with Crippen LogP contribution in [0.1, 0.15) is 21.5 Å². The first-order chi connectivity index (χ1) is 5.27. The van der Waals surface area contributed by atoms with Gasteiger partial charge in [-0.1, -0.05) is 23.8 Å². The van der Waals surface area contributed by atoms with Crippen LogP contribution in [0.15, 0.2) is 24.3 Å². The molecule has 1 nitrogen and oxygen atoms in total. The van der Waals surface area contributed by atoms with E-state index in [1.165, 1.54) is 0 Å². The van der Waals surface area contributed by atoms with Gasteiger partial charge in [-0.15, -0.1) is 0 Å². The zero-order valence-electron chi connectivity index (χ0n) is 6.29. The predicted octanol–water partition coefficient (Wildman–Crippen LogP) is 2.20. The van der Waals surface area contributed by atoms with Gasteiger partial charge in [0.2, 0.25) is 0 Å². The van der Waals surface area contributed by atoms with Gasteiger partial charge >= 0.3 is 0 Å². The Bertz CT molecular complexity index is 348. The maximum absolute atomic E-state index is 11.1. The molecule has 0 atom stereocenters. The molecule has 0 heterocycles. The molecule has 1 aromatic rings. The van der Waals surface area contributed by atoms with E-state index in [1.807, 2.05) is 31.2 Å². The van der Waals surface area contributed by atoms with Gasteiger partial charge in [-0.2, -0.15) is 0 Å². The average Bonchev–Trinajstić information content (AvgIpc) is 2.33. The molecule has 0 saturated heterocycles. The summed E-state index contributed by atoms with van der Waals surface area (Å²) in [5.41, 5.74) is 3.02. The van der Waals surface area contributed by atoms with Crippen LogP contribution in [0.25, 0.3) is 6.08 Å². The van der Waals surface area contributed by atoms with Crippen LogP contribution in [0.5, 0.6) is 0 Å².